The van der Waals surface area contributed by atoms with Crippen LogP contribution >= 0.6 is 0 Å². The van der Waals surface area contributed by atoms with Gasteiger partial charge in [0.1, 0.15) is 6.61 Å². The summed E-state index contributed by atoms with van der Waals surface area (Å²) in [5.74, 6) is -1.20. The van der Waals surface area contributed by atoms with Gasteiger partial charge in [0, 0.05) is 30.1 Å². The molecule has 38 heavy (non-hydrogen) atoms. The number of rotatable bonds is 8. The van der Waals surface area contributed by atoms with E-state index in [4.69, 9.17) is 4.74 Å². The van der Waals surface area contributed by atoms with Crippen LogP contribution in [0, 0.1) is 5.92 Å². The Hall–Kier alpha value is -3.69. The molecule has 9 heteroatoms. The van der Waals surface area contributed by atoms with Gasteiger partial charge in [-0.3, -0.25) is 14.5 Å². The summed E-state index contributed by atoms with van der Waals surface area (Å²) in [6.07, 6.45) is 4.70. The predicted octanol–water partition coefficient (Wildman–Crippen LogP) is 2.94. The molecular formula is C29H33N3O6. The number of hydrogen-bond acceptors (Lipinski definition) is 6. The van der Waals surface area contributed by atoms with Crippen molar-refractivity contribution in [3.63, 3.8) is 0 Å². The monoisotopic (exact) mass is 519 g/mol. The fourth-order valence-corrected chi connectivity index (χ4v) is 5.64. The molecule has 2 N–H and O–H groups in total. The summed E-state index contributed by atoms with van der Waals surface area (Å²) < 4.78 is 5.08. The maximum Gasteiger partial charge on any atom is 0.414 e. The van der Waals surface area contributed by atoms with Gasteiger partial charge in [-0.1, -0.05) is 49.4 Å². The number of fused-ring (bicyclic) bond motifs is 1. The van der Waals surface area contributed by atoms with Crippen LogP contribution in [-0.2, 0) is 26.5 Å². The Morgan fingerprint density at radius 3 is 2.68 bits per heavy atom. The molecule has 2 aromatic rings. The molecule has 2 saturated heterocycles. The molecule has 2 fully saturated rings. The van der Waals surface area contributed by atoms with Gasteiger partial charge in [0.25, 0.3) is 5.91 Å². The van der Waals surface area contributed by atoms with Crippen LogP contribution in [0.25, 0.3) is 0 Å². The van der Waals surface area contributed by atoms with Gasteiger partial charge in [-0.15, -0.1) is 0 Å². The lowest BCUT2D eigenvalue weighted by Crippen LogP contribution is -2.44. The molecule has 3 aliphatic heterocycles. The van der Waals surface area contributed by atoms with Crippen LogP contribution in [0.5, 0.6) is 0 Å². The molecule has 5 rings (SSSR count). The number of carbonyl (C=O) groups is 3. The van der Waals surface area contributed by atoms with E-state index in [0.29, 0.717) is 30.0 Å². The number of anilines is 2. The highest BCUT2D eigenvalue weighted by Gasteiger charge is 2.53. The second kappa shape index (κ2) is 10.6. The molecule has 0 bridgehead atoms. The van der Waals surface area contributed by atoms with Crippen molar-refractivity contribution in [1.82, 2.24) is 4.90 Å². The molecular weight excluding hydrogens is 486 g/mol. The Labute approximate surface area is 221 Å². The van der Waals surface area contributed by atoms with Crippen LogP contribution in [0.15, 0.2) is 60.7 Å². The summed E-state index contributed by atoms with van der Waals surface area (Å²) in [6, 6.07) is 14.6. The van der Waals surface area contributed by atoms with Gasteiger partial charge in [-0.05, 0) is 36.6 Å². The number of benzene rings is 2. The van der Waals surface area contributed by atoms with E-state index in [0.717, 1.165) is 18.4 Å². The molecule has 0 unspecified atom stereocenters. The van der Waals surface area contributed by atoms with Crippen molar-refractivity contribution in [2.24, 2.45) is 5.92 Å². The van der Waals surface area contributed by atoms with Crippen LogP contribution in [0.2, 0.25) is 0 Å². The van der Waals surface area contributed by atoms with E-state index in [1.54, 1.807) is 47.1 Å². The zero-order valence-electron chi connectivity index (χ0n) is 21.5. The van der Waals surface area contributed by atoms with Gasteiger partial charge in [0.05, 0.1) is 31.4 Å². The van der Waals surface area contributed by atoms with E-state index in [2.05, 4.69) is 0 Å². The first-order valence-electron chi connectivity index (χ1n) is 13.1. The van der Waals surface area contributed by atoms with E-state index < -0.39 is 23.5 Å². The van der Waals surface area contributed by atoms with Crippen LogP contribution in [-0.4, -0.2) is 65.4 Å². The Morgan fingerprint density at radius 2 is 1.97 bits per heavy atom. The van der Waals surface area contributed by atoms with Crippen LogP contribution in [0.1, 0.15) is 37.3 Å². The number of nitrogens with zero attached hydrogens (tertiary/aromatic N) is 3. The first kappa shape index (κ1) is 25.9. The third kappa shape index (κ3) is 4.56. The largest absolute Gasteiger partial charge is 0.447 e. The zero-order valence-corrected chi connectivity index (χ0v) is 21.5. The minimum Gasteiger partial charge on any atom is -0.447 e. The lowest BCUT2D eigenvalue weighted by Gasteiger charge is -2.28. The first-order chi connectivity index (χ1) is 18.3. The molecule has 0 spiro atoms. The molecule has 3 aliphatic rings. The van der Waals surface area contributed by atoms with E-state index in [9.17, 15) is 24.6 Å². The summed E-state index contributed by atoms with van der Waals surface area (Å²) in [7, 11) is 0. The highest BCUT2D eigenvalue weighted by atomic mass is 16.6. The van der Waals surface area contributed by atoms with E-state index >= 15 is 0 Å². The smallest absolute Gasteiger partial charge is 0.414 e. The average molecular weight is 520 g/mol. The molecule has 3 amide bonds. The molecule has 2 aromatic carbocycles. The Morgan fingerprint density at radius 1 is 1.18 bits per heavy atom. The quantitative estimate of drug-likeness (QED) is 0.519. The fraction of sp³-hybridized carbons (Fsp3) is 0.414. The molecule has 3 atom stereocenters. The Kier molecular flexibility index (Phi) is 7.23. The molecule has 0 aromatic heterocycles. The van der Waals surface area contributed by atoms with Crippen molar-refractivity contribution < 1.29 is 29.3 Å². The summed E-state index contributed by atoms with van der Waals surface area (Å²) in [4.78, 5) is 43.5. The number of hydrogen-bond donors (Lipinski definition) is 2. The van der Waals surface area contributed by atoms with E-state index in [1.807, 2.05) is 30.3 Å². The molecule has 0 aliphatic carbocycles. The molecule has 3 heterocycles. The third-order valence-corrected chi connectivity index (χ3v) is 7.79. The Bertz CT molecular complexity index is 1250. The highest BCUT2D eigenvalue weighted by Crippen LogP contribution is 2.47. The van der Waals surface area contributed by atoms with Crippen molar-refractivity contribution in [3.05, 3.63) is 71.8 Å². The first-order valence-corrected chi connectivity index (χ1v) is 13.1. The number of aliphatic hydroxyl groups excluding tert-OH is 1. The predicted molar refractivity (Wildman–Crippen MR) is 141 cm³/mol. The summed E-state index contributed by atoms with van der Waals surface area (Å²) in [5.41, 5.74) is 0.580. The van der Waals surface area contributed by atoms with E-state index in [-0.39, 0.29) is 38.1 Å². The van der Waals surface area contributed by atoms with Crippen molar-refractivity contribution in [2.45, 2.75) is 44.4 Å². The SMILES string of the molecule is C[C@@H](/C=C/CC(=O)N1CCC[C@H]1CO)[C@]1(O)C(=O)N(Cc2ccccc2)c2ccc(N3CCOC3=O)cc21. The number of cyclic esters (lactones) is 1. The van der Waals surface area contributed by atoms with Crippen molar-refractivity contribution in [3.8, 4) is 0 Å². The number of aliphatic hydroxyl groups is 2. The van der Waals surface area contributed by atoms with Crippen molar-refractivity contribution in [1.29, 1.82) is 0 Å². The van der Waals surface area contributed by atoms with Crippen LogP contribution in [0.3, 0.4) is 0 Å². The van der Waals surface area contributed by atoms with Gasteiger partial charge < -0.3 is 24.7 Å². The molecule has 0 radical (unpaired) electrons. The van der Waals surface area contributed by atoms with Gasteiger partial charge in [-0.25, -0.2) is 4.79 Å². The molecule has 9 nitrogen and oxygen atoms in total. The van der Waals surface area contributed by atoms with E-state index in [1.165, 1.54) is 4.90 Å². The summed E-state index contributed by atoms with van der Waals surface area (Å²) in [5, 5.41) is 21.5. The second-order valence-electron chi connectivity index (χ2n) is 10.1. The fourth-order valence-electron chi connectivity index (χ4n) is 5.64. The number of carbonyl (C=O) groups excluding carboxylic acids is 3. The second-order valence-corrected chi connectivity index (χ2v) is 10.1. The van der Waals surface area contributed by atoms with Gasteiger partial charge in [-0.2, -0.15) is 0 Å². The summed E-state index contributed by atoms with van der Waals surface area (Å²) in [6.45, 7) is 3.27. The van der Waals surface area contributed by atoms with Crippen molar-refractivity contribution in [2.75, 3.05) is 36.1 Å². The number of ether oxygens (including phenoxy) is 1. The third-order valence-electron chi connectivity index (χ3n) is 7.79. The average Bonchev–Trinajstić information content (AvgIpc) is 3.64. The van der Waals surface area contributed by atoms with Gasteiger partial charge in [0.2, 0.25) is 5.91 Å². The Balaban J connectivity index is 1.43. The van der Waals surface area contributed by atoms with Crippen molar-refractivity contribution >= 4 is 29.3 Å². The molecule has 0 saturated carbocycles. The number of likely N-dealkylation sites (tertiary alicyclic amines) is 1. The maximum absolute atomic E-state index is 13.8. The zero-order chi connectivity index (χ0) is 26.9. The minimum absolute atomic E-state index is 0.0545. The lowest BCUT2D eigenvalue weighted by atomic mass is 9.82. The minimum atomic E-state index is -1.88. The normalized spacial score (nSPS) is 23.9. The number of amides is 3. The highest BCUT2D eigenvalue weighted by molar-refractivity contribution is 6.08. The van der Waals surface area contributed by atoms with Crippen LogP contribution in [0.4, 0.5) is 16.2 Å². The van der Waals surface area contributed by atoms with Crippen LogP contribution < -0.4 is 9.80 Å². The maximum atomic E-state index is 13.8. The molecule has 200 valence electrons. The standard InChI is InChI=1S/C29H33N3O6/c1-20(7-5-11-26(34)30-14-6-10-23(30)19-33)29(37)24-17-22(31-15-16-38-28(31)36)12-13-25(24)32(27(29)35)18-21-8-3-2-4-9-21/h2-5,7-9,12-13,17,20,23,33,37H,6,10-11,14-16,18-19H2,1H3/b7-5+/t20-,23-,29+/m0/s1. The van der Waals surface area contributed by atoms with Gasteiger partial charge in [0.15, 0.2) is 5.60 Å². The lowest BCUT2D eigenvalue weighted by molar-refractivity contribution is -0.139. The van der Waals surface area contributed by atoms with Gasteiger partial charge >= 0.3 is 6.09 Å². The summed E-state index contributed by atoms with van der Waals surface area (Å²) >= 11 is 0. The topological polar surface area (TPSA) is 111 Å².